The third-order valence-electron chi connectivity index (χ3n) is 4.59. The van der Waals surface area contributed by atoms with Gasteiger partial charge in [0.25, 0.3) is 0 Å². The van der Waals surface area contributed by atoms with Gasteiger partial charge in [0.1, 0.15) is 17.6 Å². The zero-order valence-electron chi connectivity index (χ0n) is 17.0. The Balaban J connectivity index is 2.10. The van der Waals surface area contributed by atoms with Crippen molar-refractivity contribution in [3.05, 3.63) is 65.5 Å². The van der Waals surface area contributed by atoms with E-state index < -0.39 is 6.04 Å². The van der Waals surface area contributed by atoms with Gasteiger partial charge in [-0.3, -0.25) is 9.59 Å². The number of likely N-dealkylation sites (N-methyl/N-ethyl adjacent to an activating group) is 1. The number of ether oxygens (including phenoxy) is 1. The van der Waals surface area contributed by atoms with Crippen molar-refractivity contribution in [1.29, 1.82) is 0 Å². The Kier molecular flexibility index (Phi) is 8.99. The Hall–Kier alpha value is -2.54. The molecule has 1 N–H and O–H groups in total. The molecule has 0 unspecified atom stereocenters. The summed E-state index contributed by atoms with van der Waals surface area (Å²) >= 11 is 1.34. The molecule has 1 atom stereocenters. The minimum absolute atomic E-state index is 0.155. The monoisotopic (exact) mass is 418 g/mol. The second-order valence-electron chi connectivity index (χ2n) is 6.49. The summed E-state index contributed by atoms with van der Waals surface area (Å²) in [7, 11) is 3.16. The van der Waals surface area contributed by atoms with Crippen molar-refractivity contribution in [1.82, 2.24) is 10.2 Å². The molecule has 0 aliphatic heterocycles. The summed E-state index contributed by atoms with van der Waals surface area (Å²) in [4.78, 5) is 26.9. The summed E-state index contributed by atoms with van der Waals surface area (Å²) in [6.07, 6.45) is 0.500. The highest BCUT2D eigenvalue weighted by Gasteiger charge is 2.27. The maximum atomic E-state index is 13.8. The molecule has 0 heterocycles. The number of benzene rings is 2. The molecule has 2 aromatic rings. The fourth-order valence-electron chi connectivity index (χ4n) is 2.96. The standard InChI is InChI=1S/C22H27FN2O3S/c1-4-20(22(27)24-2)25(13-16-9-11-18(28-3)12-10-16)21(26)15-29-14-17-7-5-6-8-19(17)23/h5-12,20H,4,13-15H2,1-3H3,(H,24,27)/t20-/m1/s1. The van der Waals surface area contributed by atoms with Crippen LogP contribution >= 0.6 is 11.8 Å². The lowest BCUT2D eigenvalue weighted by Gasteiger charge is -2.30. The van der Waals surface area contributed by atoms with Crippen LogP contribution in [-0.4, -0.2) is 42.7 Å². The van der Waals surface area contributed by atoms with Crippen LogP contribution in [0.5, 0.6) is 5.75 Å². The van der Waals surface area contributed by atoms with Gasteiger partial charge in [0.15, 0.2) is 0 Å². The summed E-state index contributed by atoms with van der Waals surface area (Å²) < 4.78 is 19.0. The largest absolute Gasteiger partial charge is 0.497 e. The van der Waals surface area contributed by atoms with Crippen molar-refractivity contribution in [2.45, 2.75) is 31.7 Å². The molecule has 2 amide bonds. The highest BCUT2D eigenvalue weighted by atomic mass is 32.2. The van der Waals surface area contributed by atoms with Crippen LogP contribution < -0.4 is 10.1 Å². The summed E-state index contributed by atoms with van der Waals surface area (Å²) in [5.74, 6) is 0.652. The van der Waals surface area contributed by atoms with Crippen LogP contribution in [0, 0.1) is 5.82 Å². The second-order valence-corrected chi connectivity index (χ2v) is 7.48. The first-order chi connectivity index (χ1) is 14.0. The molecule has 7 heteroatoms. The van der Waals surface area contributed by atoms with E-state index in [-0.39, 0.29) is 23.4 Å². The van der Waals surface area contributed by atoms with Gasteiger partial charge >= 0.3 is 0 Å². The van der Waals surface area contributed by atoms with E-state index in [4.69, 9.17) is 4.74 Å². The molecule has 0 aliphatic rings. The average Bonchev–Trinajstić information content (AvgIpc) is 2.75. The maximum absolute atomic E-state index is 13.8. The van der Waals surface area contributed by atoms with Gasteiger partial charge in [0, 0.05) is 19.3 Å². The number of carbonyl (C=O) groups is 2. The van der Waals surface area contributed by atoms with Crippen LogP contribution in [0.2, 0.25) is 0 Å². The topological polar surface area (TPSA) is 58.6 Å². The molecule has 2 aromatic carbocycles. The van der Waals surface area contributed by atoms with E-state index in [9.17, 15) is 14.0 Å². The molecule has 29 heavy (non-hydrogen) atoms. The lowest BCUT2D eigenvalue weighted by atomic mass is 10.1. The summed E-state index contributed by atoms with van der Waals surface area (Å²) in [6.45, 7) is 2.19. The fourth-order valence-corrected chi connectivity index (χ4v) is 3.86. The van der Waals surface area contributed by atoms with Gasteiger partial charge in [-0.1, -0.05) is 37.3 Å². The van der Waals surface area contributed by atoms with Crippen LogP contribution in [0.1, 0.15) is 24.5 Å². The molecular weight excluding hydrogens is 391 g/mol. The quantitative estimate of drug-likeness (QED) is 0.640. The Morgan fingerprint density at radius 3 is 2.45 bits per heavy atom. The van der Waals surface area contributed by atoms with Gasteiger partial charge in [0.2, 0.25) is 11.8 Å². The number of hydrogen-bond acceptors (Lipinski definition) is 4. The van der Waals surface area contributed by atoms with Gasteiger partial charge in [0.05, 0.1) is 12.9 Å². The third-order valence-corrected chi connectivity index (χ3v) is 5.55. The van der Waals surface area contributed by atoms with Gasteiger partial charge in [-0.15, -0.1) is 11.8 Å². The average molecular weight is 419 g/mol. The zero-order chi connectivity index (χ0) is 21.2. The SMILES string of the molecule is CC[C@H](C(=O)NC)N(Cc1ccc(OC)cc1)C(=O)CSCc1ccccc1F. The van der Waals surface area contributed by atoms with Crippen LogP contribution in [0.3, 0.4) is 0 Å². The van der Waals surface area contributed by atoms with Crippen molar-refractivity contribution >= 4 is 23.6 Å². The maximum Gasteiger partial charge on any atom is 0.242 e. The molecule has 0 radical (unpaired) electrons. The molecule has 2 rings (SSSR count). The van der Waals surface area contributed by atoms with Crippen LogP contribution in [0.15, 0.2) is 48.5 Å². The molecule has 0 aromatic heterocycles. The molecule has 0 saturated heterocycles. The highest BCUT2D eigenvalue weighted by Crippen LogP contribution is 2.19. The third kappa shape index (κ3) is 6.49. The lowest BCUT2D eigenvalue weighted by Crippen LogP contribution is -2.48. The van der Waals surface area contributed by atoms with E-state index in [1.165, 1.54) is 17.8 Å². The Labute approximate surface area is 175 Å². The van der Waals surface area contributed by atoms with Gasteiger partial charge < -0.3 is 15.0 Å². The Bertz CT molecular complexity index is 814. The minimum atomic E-state index is -0.566. The number of halogens is 1. The first-order valence-electron chi connectivity index (χ1n) is 9.45. The van der Waals surface area contributed by atoms with Gasteiger partial charge in [-0.25, -0.2) is 4.39 Å². The number of carbonyl (C=O) groups excluding carboxylic acids is 2. The molecule has 0 saturated carbocycles. The van der Waals surface area contributed by atoms with E-state index in [1.54, 1.807) is 37.3 Å². The van der Waals surface area contributed by atoms with Crippen molar-refractivity contribution in [2.75, 3.05) is 19.9 Å². The van der Waals surface area contributed by atoms with E-state index in [0.717, 1.165) is 11.3 Å². The van der Waals surface area contributed by atoms with Gasteiger partial charge in [-0.05, 0) is 35.7 Å². The smallest absolute Gasteiger partial charge is 0.242 e. The molecule has 0 aliphatic carbocycles. The minimum Gasteiger partial charge on any atom is -0.497 e. The summed E-state index contributed by atoms with van der Waals surface area (Å²) in [5.41, 5.74) is 1.46. The number of nitrogens with one attached hydrogen (secondary N) is 1. The lowest BCUT2D eigenvalue weighted by molar-refractivity contribution is -0.139. The van der Waals surface area contributed by atoms with E-state index in [0.29, 0.717) is 24.3 Å². The number of hydrogen-bond donors (Lipinski definition) is 1. The molecule has 0 fully saturated rings. The molecule has 156 valence electrons. The Morgan fingerprint density at radius 1 is 1.17 bits per heavy atom. The zero-order valence-corrected chi connectivity index (χ0v) is 17.8. The van der Waals surface area contributed by atoms with Crippen molar-refractivity contribution in [3.63, 3.8) is 0 Å². The predicted molar refractivity (Wildman–Crippen MR) is 114 cm³/mol. The molecule has 5 nitrogen and oxygen atoms in total. The number of amides is 2. The fraction of sp³-hybridized carbons (Fsp3) is 0.364. The van der Waals surface area contributed by atoms with E-state index >= 15 is 0 Å². The molecular formula is C22H27FN2O3S. The normalized spacial score (nSPS) is 11.6. The van der Waals surface area contributed by atoms with Crippen molar-refractivity contribution in [3.8, 4) is 5.75 Å². The Morgan fingerprint density at radius 2 is 1.86 bits per heavy atom. The first-order valence-corrected chi connectivity index (χ1v) is 10.6. The molecule has 0 spiro atoms. The van der Waals surface area contributed by atoms with Crippen molar-refractivity contribution in [2.24, 2.45) is 0 Å². The van der Waals surface area contributed by atoms with Crippen molar-refractivity contribution < 1.29 is 18.7 Å². The second kappa shape index (κ2) is 11.5. The van der Waals surface area contributed by atoms with Gasteiger partial charge in [-0.2, -0.15) is 0 Å². The number of methoxy groups -OCH3 is 1. The van der Waals surface area contributed by atoms with Crippen LogP contribution in [-0.2, 0) is 21.9 Å². The number of rotatable bonds is 10. The predicted octanol–water partition coefficient (Wildman–Crippen LogP) is 3.62. The molecule has 0 bridgehead atoms. The summed E-state index contributed by atoms with van der Waals surface area (Å²) in [5, 5.41) is 2.64. The number of nitrogens with zero attached hydrogens (tertiary/aromatic N) is 1. The van der Waals surface area contributed by atoms with Crippen LogP contribution in [0.4, 0.5) is 4.39 Å². The van der Waals surface area contributed by atoms with E-state index in [2.05, 4.69) is 5.32 Å². The first kappa shape index (κ1) is 22.7. The number of thioether (sulfide) groups is 1. The van der Waals surface area contributed by atoms with E-state index in [1.807, 2.05) is 31.2 Å². The van der Waals surface area contributed by atoms with Crippen LogP contribution in [0.25, 0.3) is 0 Å². The highest BCUT2D eigenvalue weighted by molar-refractivity contribution is 7.99. The summed E-state index contributed by atoms with van der Waals surface area (Å²) in [6, 6.07) is 13.4.